The summed E-state index contributed by atoms with van der Waals surface area (Å²) in [5.74, 6) is -0.0761. The molecule has 0 saturated carbocycles. The van der Waals surface area contributed by atoms with Crippen molar-refractivity contribution < 1.29 is 9.22 Å². The topological polar surface area (TPSA) is 38.3 Å². The Morgan fingerprint density at radius 1 is 1.33 bits per heavy atom. The van der Waals surface area contributed by atoms with E-state index >= 15 is 0 Å². The summed E-state index contributed by atoms with van der Waals surface area (Å²) in [6, 6.07) is -0.122. The van der Waals surface area contributed by atoms with Crippen LogP contribution in [0.2, 0.25) is 19.6 Å². The van der Waals surface area contributed by atoms with Gasteiger partial charge in [-0.2, -0.15) is 0 Å². The summed E-state index contributed by atoms with van der Waals surface area (Å²) in [5.41, 5.74) is 0. The molecule has 0 radical (unpaired) electrons. The molecule has 0 aliphatic carbocycles. The van der Waals surface area contributed by atoms with Crippen LogP contribution in [0.5, 0.6) is 0 Å². The van der Waals surface area contributed by atoms with Crippen molar-refractivity contribution in [3.05, 3.63) is 0 Å². The summed E-state index contributed by atoms with van der Waals surface area (Å²) in [7, 11) is -1.74. The Balaban J connectivity index is 3.99. The third-order valence-electron chi connectivity index (χ3n) is 2.02. The van der Waals surface area contributed by atoms with Crippen LogP contribution in [0, 0.1) is 0 Å². The molecule has 0 aliphatic rings. The molecule has 0 aromatic heterocycles. The normalized spacial score (nSPS) is 13.7. The molecule has 0 rings (SSSR count). The van der Waals surface area contributed by atoms with Gasteiger partial charge >= 0.3 is 5.97 Å². The van der Waals surface area contributed by atoms with Crippen molar-refractivity contribution in [2.75, 3.05) is 6.54 Å². The monoisotopic (exact) mass is 231 g/mol. The highest BCUT2D eigenvalue weighted by Crippen LogP contribution is 2.06. The predicted octanol–water partition coefficient (Wildman–Crippen LogP) is 2.53. The Morgan fingerprint density at radius 2 is 1.93 bits per heavy atom. The van der Waals surface area contributed by atoms with E-state index in [4.69, 9.17) is 4.43 Å². The minimum Gasteiger partial charge on any atom is -0.519 e. The lowest BCUT2D eigenvalue weighted by Crippen LogP contribution is -2.42. The predicted molar refractivity (Wildman–Crippen MR) is 66.4 cm³/mol. The van der Waals surface area contributed by atoms with E-state index in [0.29, 0.717) is 0 Å². The zero-order valence-corrected chi connectivity index (χ0v) is 11.7. The van der Waals surface area contributed by atoms with Crippen molar-refractivity contribution >= 4 is 14.3 Å². The van der Waals surface area contributed by atoms with Crippen LogP contribution < -0.4 is 5.32 Å². The number of hydrogen-bond donors (Lipinski definition) is 1. The van der Waals surface area contributed by atoms with Gasteiger partial charge in [0.2, 0.25) is 8.32 Å². The summed E-state index contributed by atoms with van der Waals surface area (Å²) in [6.07, 6.45) is 3.05. The maximum atomic E-state index is 11.7. The van der Waals surface area contributed by atoms with E-state index in [-0.39, 0.29) is 12.0 Å². The van der Waals surface area contributed by atoms with Gasteiger partial charge in [-0.1, -0.05) is 20.3 Å². The first-order valence-electron chi connectivity index (χ1n) is 5.87. The van der Waals surface area contributed by atoms with Crippen LogP contribution in [0.3, 0.4) is 0 Å². The third-order valence-corrected chi connectivity index (χ3v) is 2.83. The van der Waals surface area contributed by atoms with Crippen molar-refractivity contribution in [2.24, 2.45) is 0 Å². The van der Waals surface area contributed by atoms with Gasteiger partial charge < -0.3 is 9.74 Å². The molecule has 0 aliphatic heterocycles. The summed E-state index contributed by atoms with van der Waals surface area (Å²) in [4.78, 5) is 11.7. The molecule has 0 saturated heterocycles. The van der Waals surface area contributed by atoms with Gasteiger partial charge in [-0.05, 0) is 39.0 Å². The minimum atomic E-state index is -1.74. The molecule has 0 aromatic rings. The van der Waals surface area contributed by atoms with Crippen LogP contribution in [0.25, 0.3) is 0 Å². The molecule has 1 unspecified atom stereocenters. The second-order valence-corrected chi connectivity index (χ2v) is 9.23. The number of hydrogen-bond acceptors (Lipinski definition) is 3. The lowest BCUT2D eigenvalue weighted by Gasteiger charge is -2.22. The molecule has 1 atom stereocenters. The average molecular weight is 231 g/mol. The minimum absolute atomic E-state index is 0.0761. The zero-order valence-electron chi connectivity index (χ0n) is 10.7. The smallest absolute Gasteiger partial charge is 0.309 e. The Morgan fingerprint density at radius 3 is 2.33 bits per heavy atom. The summed E-state index contributed by atoms with van der Waals surface area (Å²) in [6.45, 7) is 11.1. The number of carbonyl (C=O) groups is 1. The van der Waals surface area contributed by atoms with Crippen LogP contribution in [0.1, 0.15) is 33.1 Å². The summed E-state index contributed by atoms with van der Waals surface area (Å²) in [5, 5.41) is 3.24. The first-order chi connectivity index (χ1) is 6.90. The Kier molecular flexibility index (Phi) is 6.84. The molecule has 0 aromatic carbocycles. The van der Waals surface area contributed by atoms with E-state index in [9.17, 15) is 4.79 Å². The molecule has 0 spiro atoms. The molecular weight excluding hydrogens is 206 g/mol. The molecule has 1 N–H and O–H groups in total. The molecule has 15 heavy (non-hydrogen) atoms. The first kappa shape index (κ1) is 14.6. The van der Waals surface area contributed by atoms with Gasteiger partial charge in [0, 0.05) is 0 Å². The van der Waals surface area contributed by atoms with Gasteiger partial charge in [0.1, 0.15) is 6.04 Å². The van der Waals surface area contributed by atoms with Gasteiger partial charge in [-0.25, -0.2) is 0 Å². The van der Waals surface area contributed by atoms with Crippen LogP contribution in [-0.4, -0.2) is 26.9 Å². The average Bonchev–Trinajstić information content (AvgIpc) is 2.09. The van der Waals surface area contributed by atoms with E-state index < -0.39 is 8.32 Å². The maximum Gasteiger partial charge on any atom is 0.309 e. The van der Waals surface area contributed by atoms with E-state index in [1.54, 1.807) is 0 Å². The maximum absolute atomic E-state index is 11.7. The second-order valence-electron chi connectivity index (χ2n) is 4.80. The van der Waals surface area contributed by atoms with Gasteiger partial charge in [0.05, 0.1) is 0 Å². The van der Waals surface area contributed by atoms with E-state index in [0.717, 1.165) is 25.8 Å². The van der Waals surface area contributed by atoms with Crippen LogP contribution in [-0.2, 0) is 9.22 Å². The fourth-order valence-electron chi connectivity index (χ4n) is 1.22. The SMILES string of the molecule is CCCCNC(CC)C(=O)O[Si](C)(C)C. The van der Waals surface area contributed by atoms with Crippen LogP contribution in [0.15, 0.2) is 0 Å². The van der Waals surface area contributed by atoms with E-state index in [2.05, 4.69) is 12.2 Å². The largest absolute Gasteiger partial charge is 0.519 e. The van der Waals surface area contributed by atoms with Crippen LogP contribution >= 0.6 is 0 Å². The van der Waals surface area contributed by atoms with Crippen molar-refractivity contribution in [1.82, 2.24) is 5.32 Å². The van der Waals surface area contributed by atoms with E-state index in [1.165, 1.54) is 0 Å². The second kappa shape index (κ2) is 7.01. The molecule has 0 fully saturated rings. The van der Waals surface area contributed by atoms with Gasteiger partial charge in [0.25, 0.3) is 0 Å². The Labute approximate surface area is 94.7 Å². The third kappa shape index (κ3) is 7.56. The fourth-order valence-corrected chi connectivity index (χ4v) is 1.97. The number of unbranched alkanes of at least 4 members (excludes halogenated alkanes) is 1. The zero-order chi connectivity index (χ0) is 11.9. The lowest BCUT2D eigenvalue weighted by atomic mass is 10.2. The quantitative estimate of drug-likeness (QED) is 0.540. The Hall–Kier alpha value is -0.353. The Bertz CT molecular complexity index is 190. The highest BCUT2D eigenvalue weighted by molar-refractivity contribution is 6.71. The summed E-state index contributed by atoms with van der Waals surface area (Å²) < 4.78 is 5.46. The molecule has 90 valence electrons. The summed E-state index contributed by atoms with van der Waals surface area (Å²) >= 11 is 0. The number of rotatable bonds is 7. The molecule has 3 nitrogen and oxygen atoms in total. The molecule has 0 heterocycles. The van der Waals surface area contributed by atoms with Crippen molar-refractivity contribution in [3.8, 4) is 0 Å². The van der Waals surface area contributed by atoms with Gasteiger partial charge in [-0.15, -0.1) is 0 Å². The number of carbonyl (C=O) groups excluding carboxylic acids is 1. The molecule has 4 heteroatoms. The standard InChI is InChI=1S/C11H25NO2Si/c1-6-8-9-12-10(7-2)11(13)14-15(3,4)5/h10,12H,6-9H2,1-5H3. The van der Waals surface area contributed by atoms with Crippen molar-refractivity contribution in [3.63, 3.8) is 0 Å². The van der Waals surface area contributed by atoms with Gasteiger partial charge in [0.15, 0.2) is 0 Å². The highest BCUT2D eigenvalue weighted by Gasteiger charge is 2.24. The lowest BCUT2D eigenvalue weighted by molar-refractivity contribution is -0.137. The molecular formula is C11H25NO2Si. The van der Waals surface area contributed by atoms with Crippen molar-refractivity contribution in [1.29, 1.82) is 0 Å². The highest BCUT2D eigenvalue weighted by atomic mass is 28.4. The first-order valence-corrected chi connectivity index (χ1v) is 9.27. The molecule has 0 amide bonds. The van der Waals surface area contributed by atoms with Gasteiger partial charge in [-0.3, -0.25) is 4.79 Å². The number of nitrogens with one attached hydrogen (secondary N) is 1. The van der Waals surface area contributed by atoms with Crippen LogP contribution in [0.4, 0.5) is 0 Å². The fraction of sp³-hybridized carbons (Fsp3) is 0.909. The van der Waals surface area contributed by atoms with E-state index in [1.807, 2.05) is 26.6 Å². The molecule has 0 bridgehead atoms. The van der Waals surface area contributed by atoms with Crippen molar-refractivity contribution in [2.45, 2.75) is 58.8 Å².